The van der Waals surface area contributed by atoms with E-state index in [4.69, 9.17) is 11.6 Å². The molecule has 0 radical (unpaired) electrons. The molecule has 0 saturated carbocycles. The van der Waals surface area contributed by atoms with Gasteiger partial charge in [0, 0.05) is 11.0 Å². The van der Waals surface area contributed by atoms with Crippen LogP contribution in [0.5, 0.6) is 0 Å². The predicted octanol–water partition coefficient (Wildman–Crippen LogP) is 4.16. The molecule has 0 unspecified atom stereocenters. The summed E-state index contributed by atoms with van der Waals surface area (Å²) in [6.45, 7) is 4.87. The number of halogens is 2. The number of anilines is 3. The zero-order valence-electron chi connectivity index (χ0n) is 11.2. The quantitative estimate of drug-likeness (QED) is 0.842. The van der Waals surface area contributed by atoms with E-state index >= 15 is 0 Å². The van der Waals surface area contributed by atoms with Gasteiger partial charge in [-0.3, -0.25) is 0 Å². The minimum atomic E-state index is 0.157. The number of rotatable bonds is 5. The van der Waals surface area contributed by atoms with Crippen molar-refractivity contribution in [3.8, 4) is 0 Å². The molecule has 0 atom stereocenters. The number of benzene rings is 1. The van der Waals surface area contributed by atoms with Crippen LogP contribution in [0.2, 0.25) is 5.28 Å². The molecule has 0 aliphatic carbocycles. The van der Waals surface area contributed by atoms with E-state index in [2.05, 4.69) is 48.4 Å². The highest BCUT2D eigenvalue weighted by Crippen LogP contribution is 2.27. The van der Waals surface area contributed by atoms with Gasteiger partial charge in [-0.25, -0.2) is 0 Å². The normalized spacial score (nSPS) is 10.4. The molecule has 1 aromatic carbocycles. The Bertz CT molecular complexity index is 605. The van der Waals surface area contributed by atoms with Gasteiger partial charge >= 0.3 is 0 Å². The summed E-state index contributed by atoms with van der Waals surface area (Å²) in [6.07, 6.45) is 0.982. The molecule has 5 nitrogen and oxygen atoms in total. The monoisotopic (exact) mass is 355 g/mol. The van der Waals surface area contributed by atoms with Crippen molar-refractivity contribution in [1.29, 1.82) is 0 Å². The third-order valence-electron chi connectivity index (χ3n) is 2.58. The number of hydrogen-bond donors (Lipinski definition) is 2. The Labute approximate surface area is 131 Å². The molecular weight excluding hydrogens is 342 g/mol. The highest BCUT2D eigenvalue weighted by atomic mass is 79.9. The number of nitrogens with one attached hydrogen (secondary N) is 2. The largest absolute Gasteiger partial charge is 0.354 e. The van der Waals surface area contributed by atoms with E-state index in [-0.39, 0.29) is 5.28 Å². The average molecular weight is 357 g/mol. The zero-order chi connectivity index (χ0) is 14.5. The fraction of sp³-hybridized carbons (Fsp3) is 0.308. The molecule has 0 bridgehead atoms. The maximum Gasteiger partial charge on any atom is 0.233 e. The Hall–Kier alpha value is -1.40. The van der Waals surface area contributed by atoms with Gasteiger partial charge in [0.1, 0.15) is 0 Å². The highest BCUT2D eigenvalue weighted by molar-refractivity contribution is 9.10. The first-order chi connectivity index (χ1) is 9.60. The molecule has 2 rings (SSSR count). The molecule has 1 aromatic heterocycles. The summed E-state index contributed by atoms with van der Waals surface area (Å²) in [5.74, 6) is 0.882. The fourth-order valence-corrected chi connectivity index (χ4v) is 2.11. The summed E-state index contributed by atoms with van der Waals surface area (Å²) in [5, 5.41) is 6.38. The van der Waals surface area contributed by atoms with Crippen molar-refractivity contribution in [1.82, 2.24) is 15.0 Å². The first-order valence-electron chi connectivity index (χ1n) is 6.27. The molecule has 1 heterocycles. The van der Waals surface area contributed by atoms with Crippen molar-refractivity contribution in [3.05, 3.63) is 33.5 Å². The van der Waals surface area contributed by atoms with Gasteiger partial charge in [0.2, 0.25) is 17.2 Å². The Morgan fingerprint density at radius 3 is 2.70 bits per heavy atom. The molecule has 7 heteroatoms. The Balaban J connectivity index is 2.24. The molecule has 106 valence electrons. The summed E-state index contributed by atoms with van der Waals surface area (Å²) < 4.78 is 0.972. The van der Waals surface area contributed by atoms with E-state index in [1.807, 2.05) is 25.1 Å². The van der Waals surface area contributed by atoms with Crippen molar-refractivity contribution in [2.24, 2.45) is 0 Å². The van der Waals surface area contributed by atoms with Crippen LogP contribution in [-0.4, -0.2) is 21.5 Å². The lowest BCUT2D eigenvalue weighted by molar-refractivity contribution is 0.940. The highest BCUT2D eigenvalue weighted by Gasteiger charge is 2.07. The van der Waals surface area contributed by atoms with Crippen LogP contribution in [0.15, 0.2) is 22.7 Å². The number of aromatic nitrogens is 3. The smallest absolute Gasteiger partial charge is 0.233 e. The van der Waals surface area contributed by atoms with Gasteiger partial charge in [-0.2, -0.15) is 15.0 Å². The first-order valence-corrected chi connectivity index (χ1v) is 7.45. The lowest BCUT2D eigenvalue weighted by Gasteiger charge is -2.10. The molecule has 20 heavy (non-hydrogen) atoms. The Morgan fingerprint density at radius 2 is 1.95 bits per heavy atom. The van der Waals surface area contributed by atoms with Crippen molar-refractivity contribution in [2.45, 2.75) is 20.3 Å². The molecule has 2 N–H and O–H groups in total. The first kappa shape index (κ1) is 15.0. The van der Waals surface area contributed by atoms with Gasteiger partial charge in [-0.15, -0.1) is 0 Å². The van der Waals surface area contributed by atoms with E-state index in [0.717, 1.165) is 28.7 Å². The zero-order valence-corrected chi connectivity index (χ0v) is 13.6. The minimum Gasteiger partial charge on any atom is -0.354 e. The standard InChI is InChI=1S/C13H15BrClN5/c1-3-7-16-12-18-11(15)19-13(20-12)17-9-6-4-5-8(2)10(9)14/h4-6H,3,7H2,1-2H3,(H2,16,17,18,19,20). The SMILES string of the molecule is CCCNc1nc(Cl)nc(Nc2cccc(C)c2Br)n1. The molecular formula is C13H15BrClN5. The Morgan fingerprint density at radius 1 is 1.20 bits per heavy atom. The van der Waals surface area contributed by atoms with E-state index in [9.17, 15) is 0 Å². The third kappa shape index (κ3) is 3.80. The summed E-state index contributed by atoms with van der Waals surface area (Å²) in [7, 11) is 0. The average Bonchev–Trinajstić information content (AvgIpc) is 2.41. The molecule has 0 saturated heterocycles. The van der Waals surface area contributed by atoms with Gasteiger partial charge in [0.15, 0.2) is 0 Å². The van der Waals surface area contributed by atoms with E-state index < -0.39 is 0 Å². The lowest BCUT2D eigenvalue weighted by atomic mass is 10.2. The molecule has 0 fully saturated rings. The van der Waals surface area contributed by atoms with Gasteiger partial charge in [-0.1, -0.05) is 19.1 Å². The number of nitrogens with zero attached hydrogens (tertiary/aromatic N) is 3. The van der Waals surface area contributed by atoms with Gasteiger partial charge < -0.3 is 10.6 Å². The van der Waals surface area contributed by atoms with Crippen LogP contribution in [-0.2, 0) is 0 Å². The van der Waals surface area contributed by atoms with Crippen molar-refractivity contribution in [2.75, 3.05) is 17.2 Å². The topological polar surface area (TPSA) is 62.7 Å². The maximum absolute atomic E-state index is 5.91. The van der Waals surface area contributed by atoms with Gasteiger partial charge in [0.25, 0.3) is 0 Å². The second-order valence-corrected chi connectivity index (χ2v) is 5.37. The van der Waals surface area contributed by atoms with Crippen molar-refractivity contribution < 1.29 is 0 Å². The van der Waals surface area contributed by atoms with Crippen LogP contribution in [0.1, 0.15) is 18.9 Å². The molecule has 0 spiro atoms. The van der Waals surface area contributed by atoms with E-state index in [1.165, 1.54) is 0 Å². The minimum absolute atomic E-state index is 0.157. The summed E-state index contributed by atoms with van der Waals surface area (Å²) in [4.78, 5) is 12.4. The summed E-state index contributed by atoms with van der Waals surface area (Å²) in [5.41, 5.74) is 2.01. The second kappa shape index (κ2) is 6.85. The van der Waals surface area contributed by atoms with Crippen LogP contribution in [0.25, 0.3) is 0 Å². The number of aryl methyl sites for hydroxylation is 1. The molecule has 2 aromatic rings. The summed E-state index contributed by atoms with van der Waals surface area (Å²) >= 11 is 9.45. The summed E-state index contributed by atoms with van der Waals surface area (Å²) in [6, 6.07) is 5.92. The fourth-order valence-electron chi connectivity index (χ4n) is 1.59. The number of hydrogen-bond acceptors (Lipinski definition) is 5. The van der Waals surface area contributed by atoms with E-state index in [0.29, 0.717) is 11.9 Å². The van der Waals surface area contributed by atoms with Crippen molar-refractivity contribution in [3.63, 3.8) is 0 Å². The molecule has 0 aliphatic heterocycles. The van der Waals surface area contributed by atoms with Crippen LogP contribution < -0.4 is 10.6 Å². The third-order valence-corrected chi connectivity index (χ3v) is 3.80. The van der Waals surface area contributed by atoms with Gasteiger partial charge in [-0.05, 0) is 52.5 Å². The Kier molecular flexibility index (Phi) is 5.14. The predicted molar refractivity (Wildman–Crippen MR) is 85.8 cm³/mol. The van der Waals surface area contributed by atoms with E-state index in [1.54, 1.807) is 0 Å². The van der Waals surface area contributed by atoms with Gasteiger partial charge in [0.05, 0.1) is 5.69 Å². The van der Waals surface area contributed by atoms with Crippen LogP contribution in [0.4, 0.5) is 17.6 Å². The molecule has 0 amide bonds. The lowest BCUT2D eigenvalue weighted by Crippen LogP contribution is -2.08. The second-order valence-electron chi connectivity index (χ2n) is 4.24. The van der Waals surface area contributed by atoms with Crippen LogP contribution >= 0.6 is 27.5 Å². The molecule has 0 aliphatic rings. The van der Waals surface area contributed by atoms with Crippen LogP contribution in [0, 0.1) is 6.92 Å². The maximum atomic E-state index is 5.91. The van der Waals surface area contributed by atoms with Crippen LogP contribution in [0.3, 0.4) is 0 Å². The van der Waals surface area contributed by atoms with Crippen molar-refractivity contribution >= 4 is 45.1 Å².